The van der Waals surface area contributed by atoms with Crippen LogP contribution in [0, 0.1) is 6.92 Å². The van der Waals surface area contributed by atoms with Crippen molar-refractivity contribution in [2.24, 2.45) is 0 Å². The Bertz CT molecular complexity index is 346. The van der Waals surface area contributed by atoms with Crippen molar-refractivity contribution in [3.05, 3.63) is 11.3 Å². The normalized spacial score (nSPS) is 12.5. The average Bonchev–Trinajstić information content (AvgIpc) is 2.58. The Labute approximate surface area is 89.2 Å². The van der Waals surface area contributed by atoms with Crippen LogP contribution >= 0.6 is 0 Å². The number of anilines is 1. The van der Waals surface area contributed by atoms with E-state index in [2.05, 4.69) is 15.5 Å². The van der Waals surface area contributed by atoms with E-state index in [4.69, 9.17) is 4.74 Å². The number of hydrogen-bond acceptors (Lipinski definition) is 3. The lowest BCUT2D eigenvalue weighted by molar-refractivity contribution is -0.124. The number of carbonyl (C=O) groups is 1. The number of hydrogen-bond donors (Lipinski definition) is 2. The van der Waals surface area contributed by atoms with Crippen molar-refractivity contribution in [3.8, 4) is 0 Å². The van der Waals surface area contributed by atoms with E-state index in [1.54, 1.807) is 6.92 Å². The molecule has 1 unspecified atom stereocenters. The summed E-state index contributed by atoms with van der Waals surface area (Å²) in [6, 6.07) is 0. The third-order valence-electron chi connectivity index (χ3n) is 2.43. The van der Waals surface area contributed by atoms with Crippen molar-refractivity contribution < 1.29 is 9.53 Å². The van der Waals surface area contributed by atoms with Crippen molar-refractivity contribution >= 4 is 11.7 Å². The maximum atomic E-state index is 11.5. The predicted molar refractivity (Wildman–Crippen MR) is 57.8 cm³/mol. The first-order valence-corrected chi connectivity index (χ1v) is 4.97. The van der Waals surface area contributed by atoms with Crippen LogP contribution in [0.2, 0.25) is 0 Å². The number of nitrogens with zero attached hydrogens (tertiary/aromatic N) is 1. The number of nitrogens with one attached hydrogen (secondary N) is 2. The van der Waals surface area contributed by atoms with Crippen molar-refractivity contribution in [3.63, 3.8) is 0 Å². The summed E-state index contributed by atoms with van der Waals surface area (Å²) in [6.45, 7) is 5.65. The molecule has 1 aromatic rings. The summed E-state index contributed by atoms with van der Waals surface area (Å²) in [5.41, 5.74) is 2.02. The highest BCUT2D eigenvalue weighted by molar-refractivity contribution is 5.93. The van der Waals surface area contributed by atoms with Gasteiger partial charge in [-0.25, -0.2) is 0 Å². The molecular formula is C10H17N3O2. The molecule has 0 aliphatic carbocycles. The van der Waals surface area contributed by atoms with Gasteiger partial charge in [0.2, 0.25) is 0 Å². The van der Waals surface area contributed by atoms with Gasteiger partial charge < -0.3 is 10.1 Å². The van der Waals surface area contributed by atoms with Gasteiger partial charge in [0.05, 0.1) is 0 Å². The van der Waals surface area contributed by atoms with Gasteiger partial charge in [0.25, 0.3) is 5.91 Å². The first kappa shape index (κ1) is 11.7. The van der Waals surface area contributed by atoms with Crippen molar-refractivity contribution in [2.45, 2.75) is 33.3 Å². The van der Waals surface area contributed by atoms with Crippen LogP contribution in [0.25, 0.3) is 0 Å². The number of aryl methyl sites for hydroxylation is 1. The number of aromatic amines is 1. The summed E-state index contributed by atoms with van der Waals surface area (Å²) in [6.07, 6.45) is 0.403. The Balaban J connectivity index is 2.72. The van der Waals surface area contributed by atoms with Gasteiger partial charge in [-0.3, -0.25) is 9.89 Å². The van der Waals surface area contributed by atoms with Crippen LogP contribution < -0.4 is 5.32 Å². The fourth-order valence-electron chi connectivity index (χ4n) is 1.23. The first-order chi connectivity index (χ1) is 7.10. The van der Waals surface area contributed by atoms with Gasteiger partial charge in [-0.15, -0.1) is 0 Å². The molecule has 0 fully saturated rings. The van der Waals surface area contributed by atoms with Gasteiger partial charge in [-0.2, -0.15) is 5.10 Å². The monoisotopic (exact) mass is 211 g/mol. The molecule has 0 aromatic carbocycles. The Morgan fingerprint density at radius 3 is 2.80 bits per heavy atom. The second-order valence-corrected chi connectivity index (χ2v) is 3.40. The lowest BCUT2D eigenvalue weighted by Gasteiger charge is -2.08. The molecule has 0 aliphatic rings. The van der Waals surface area contributed by atoms with E-state index in [0.29, 0.717) is 5.82 Å². The van der Waals surface area contributed by atoms with Crippen LogP contribution in [-0.4, -0.2) is 29.3 Å². The van der Waals surface area contributed by atoms with Crippen molar-refractivity contribution in [1.82, 2.24) is 10.2 Å². The highest BCUT2D eigenvalue weighted by atomic mass is 16.5. The quantitative estimate of drug-likeness (QED) is 0.787. The number of ether oxygens (including phenoxy) is 1. The molecule has 5 nitrogen and oxygen atoms in total. The molecule has 0 saturated carbocycles. The van der Waals surface area contributed by atoms with E-state index in [0.717, 1.165) is 17.7 Å². The number of methoxy groups -OCH3 is 1. The molecule has 0 radical (unpaired) electrons. The minimum absolute atomic E-state index is 0.185. The highest BCUT2D eigenvalue weighted by Crippen LogP contribution is 2.15. The van der Waals surface area contributed by atoms with Crippen molar-refractivity contribution in [2.75, 3.05) is 12.4 Å². The van der Waals surface area contributed by atoms with Gasteiger partial charge in [0, 0.05) is 18.4 Å². The number of carbonyl (C=O) groups excluding carboxylic acids is 1. The molecule has 0 saturated heterocycles. The Morgan fingerprint density at radius 2 is 2.33 bits per heavy atom. The molecular weight excluding hydrogens is 194 g/mol. The van der Waals surface area contributed by atoms with Gasteiger partial charge in [-0.1, -0.05) is 6.92 Å². The summed E-state index contributed by atoms with van der Waals surface area (Å²) in [5.74, 6) is 0.399. The minimum Gasteiger partial charge on any atom is -0.372 e. The molecule has 0 bridgehead atoms. The second kappa shape index (κ2) is 4.93. The number of aromatic nitrogens is 2. The van der Waals surface area contributed by atoms with Crippen LogP contribution in [0.1, 0.15) is 25.1 Å². The molecule has 1 heterocycles. The maximum absolute atomic E-state index is 11.5. The zero-order valence-electron chi connectivity index (χ0n) is 9.55. The molecule has 2 N–H and O–H groups in total. The van der Waals surface area contributed by atoms with Gasteiger partial charge in [0.1, 0.15) is 6.10 Å². The molecule has 1 aromatic heterocycles. The Hall–Kier alpha value is -1.36. The zero-order chi connectivity index (χ0) is 11.4. The second-order valence-electron chi connectivity index (χ2n) is 3.40. The molecule has 1 amide bonds. The molecule has 84 valence electrons. The SMILES string of the molecule is CCc1[nH]nc(NC(=O)C(C)OC)c1C. The molecule has 1 atom stereocenters. The van der Waals surface area contributed by atoms with Gasteiger partial charge in [0.15, 0.2) is 5.82 Å². The Morgan fingerprint density at radius 1 is 1.67 bits per heavy atom. The molecule has 5 heteroatoms. The summed E-state index contributed by atoms with van der Waals surface area (Å²) >= 11 is 0. The Kier molecular flexibility index (Phi) is 3.85. The molecule has 1 rings (SSSR count). The number of rotatable bonds is 4. The van der Waals surface area contributed by atoms with E-state index < -0.39 is 6.10 Å². The molecule has 15 heavy (non-hydrogen) atoms. The topological polar surface area (TPSA) is 67.0 Å². The van der Waals surface area contributed by atoms with Crippen LogP contribution in [0.3, 0.4) is 0 Å². The fraction of sp³-hybridized carbons (Fsp3) is 0.600. The van der Waals surface area contributed by atoms with Gasteiger partial charge >= 0.3 is 0 Å². The van der Waals surface area contributed by atoms with Crippen LogP contribution in [-0.2, 0) is 16.0 Å². The predicted octanol–water partition coefficient (Wildman–Crippen LogP) is 1.25. The number of amides is 1. The van der Waals surface area contributed by atoms with Crippen molar-refractivity contribution in [1.29, 1.82) is 0 Å². The third kappa shape index (κ3) is 2.56. The standard InChI is InChI=1S/C10H17N3O2/c1-5-8-6(2)9(13-12-8)11-10(14)7(3)15-4/h7H,5H2,1-4H3,(H2,11,12,13,14). The smallest absolute Gasteiger partial charge is 0.254 e. The molecule has 0 aliphatic heterocycles. The first-order valence-electron chi connectivity index (χ1n) is 4.97. The van der Waals surface area contributed by atoms with Crippen LogP contribution in [0.15, 0.2) is 0 Å². The van der Waals surface area contributed by atoms with E-state index in [1.807, 2.05) is 13.8 Å². The maximum Gasteiger partial charge on any atom is 0.254 e. The minimum atomic E-state index is -0.467. The lowest BCUT2D eigenvalue weighted by Crippen LogP contribution is -2.27. The van der Waals surface area contributed by atoms with E-state index in [1.165, 1.54) is 7.11 Å². The van der Waals surface area contributed by atoms with E-state index in [-0.39, 0.29) is 5.91 Å². The summed E-state index contributed by atoms with van der Waals surface area (Å²) in [5, 5.41) is 9.62. The average molecular weight is 211 g/mol. The van der Waals surface area contributed by atoms with E-state index >= 15 is 0 Å². The zero-order valence-corrected chi connectivity index (χ0v) is 9.55. The number of H-pyrrole nitrogens is 1. The van der Waals surface area contributed by atoms with Crippen LogP contribution in [0.4, 0.5) is 5.82 Å². The lowest BCUT2D eigenvalue weighted by atomic mass is 10.2. The summed E-state index contributed by atoms with van der Waals surface area (Å²) in [4.78, 5) is 11.5. The highest BCUT2D eigenvalue weighted by Gasteiger charge is 2.15. The molecule has 0 spiro atoms. The summed E-state index contributed by atoms with van der Waals surface area (Å²) in [7, 11) is 1.50. The van der Waals surface area contributed by atoms with Gasteiger partial charge in [-0.05, 0) is 20.3 Å². The fourth-order valence-corrected chi connectivity index (χ4v) is 1.23. The van der Waals surface area contributed by atoms with Crippen LogP contribution in [0.5, 0.6) is 0 Å². The largest absolute Gasteiger partial charge is 0.372 e. The summed E-state index contributed by atoms with van der Waals surface area (Å²) < 4.78 is 4.91. The third-order valence-corrected chi connectivity index (χ3v) is 2.43. The van der Waals surface area contributed by atoms with E-state index in [9.17, 15) is 4.79 Å².